The van der Waals surface area contributed by atoms with E-state index in [0.717, 1.165) is 5.56 Å². The summed E-state index contributed by atoms with van der Waals surface area (Å²) in [6, 6.07) is 12.6. The Hall–Kier alpha value is -2.49. The van der Waals surface area contributed by atoms with Gasteiger partial charge in [0.05, 0.1) is 21.3 Å². The van der Waals surface area contributed by atoms with Crippen LogP contribution >= 0.6 is 0 Å². The molecule has 21 heavy (non-hydrogen) atoms. The highest BCUT2D eigenvalue weighted by Crippen LogP contribution is 2.25. The number of methoxy groups -OCH3 is 3. The van der Waals surface area contributed by atoms with E-state index in [1.807, 2.05) is 24.3 Å². The van der Waals surface area contributed by atoms with Crippen LogP contribution in [-0.2, 0) is 6.42 Å². The van der Waals surface area contributed by atoms with Crippen molar-refractivity contribution in [1.82, 2.24) is 0 Å². The van der Waals surface area contributed by atoms with E-state index >= 15 is 0 Å². The Balaban J connectivity index is 2.28. The molecule has 0 heterocycles. The minimum Gasteiger partial charge on any atom is -0.497 e. The number of rotatable bonds is 6. The maximum absolute atomic E-state index is 12.5. The quantitative estimate of drug-likeness (QED) is 0.765. The number of para-hydroxylation sites is 1. The maximum atomic E-state index is 12.5. The first-order valence-electron chi connectivity index (χ1n) is 6.56. The van der Waals surface area contributed by atoms with Gasteiger partial charge in [0.15, 0.2) is 5.78 Å². The van der Waals surface area contributed by atoms with E-state index in [2.05, 4.69) is 0 Å². The maximum Gasteiger partial charge on any atom is 0.167 e. The van der Waals surface area contributed by atoms with Crippen LogP contribution in [0.5, 0.6) is 17.2 Å². The van der Waals surface area contributed by atoms with Crippen LogP contribution in [0.1, 0.15) is 15.9 Å². The van der Waals surface area contributed by atoms with E-state index in [4.69, 9.17) is 14.2 Å². The van der Waals surface area contributed by atoms with Gasteiger partial charge < -0.3 is 14.2 Å². The zero-order chi connectivity index (χ0) is 15.2. The zero-order valence-electron chi connectivity index (χ0n) is 12.4. The van der Waals surface area contributed by atoms with Crippen molar-refractivity contribution >= 4 is 5.78 Å². The molecule has 0 aliphatic heterocycles. The smallest absolute Gasteiger partial charge is 0.167 e. The van der Waals surface area contributed by atoms with E-state index < -0.39 is 0 Å². The molecule has 0 fully saturated rings. The molecular formula is C17H18O4. The van der Waals surface area contributed by atoms with Gasteiger partial charge in [-0.3, -0.25) is 4.79 Å². The van der Waals surface area contributed by atoms with Crippen molar-refractivity contribution in [2.24, 2.45) is 0 Å². The van der Waals surface area contributed by atoms with Crippen LogP contribution in [0.15, 0.2) is 42.5 Å². The monoisotopic (exact) mass is 286 g/mol. The highest BCUT2D eigenvalue weighted by Gasteiger charge is 2.13. The molecule has 0 saturated carbocycles. The molecule has 0 aliphatic rings. The average molecular weight is 286 g/mol. The van der Waals surface area contributed by atoms with Crippen LogP contribution in [0.4, 0.5) is 0 Å². The van der Waals surface area contributed by atoms with E-state index in [9.17, 15) is 4.79 Å². The third-order valence-corrected chi connectivity index (χ3v) is 3.22. The molecule has 0 atom stereocenters. The predicted molar refractivity (Wildman–Crippen MR) is 80.6 cm³/mol. The van der Waals surface area contributed by atoms with Gasteiger partial charge in [-0.25, -0.2) is 0 Å². The molecule has 0 N–H and O–H groups in total. The number of Topliss-reactive ketones (excluding diaryl/α,β-unsaturated/α-hetero) is 1. The van der Waals surface area contributed by atoms with Gasteiger partial charge in [-0.2, -0.15) is 0 Å². The first-order chi connectivity index (χ1) is 10.2. The number of ether oxygens (including phenoxy) is 3. The predicted octanol–water partition coefficient (Wildman–Crippen LogP) is 3.14. The lowest BCUT2D eigenvalue weighted by molar-refractivity contribution is 0.0991. The molecule has 2 aromatic rings. The molecule has 0 aromatic heterocycles. The molecule has 0 bridgehead atoms. The molecule has 110 valence electrons. The van der Waals surface area contributed by atoms with Crippen molar-refractivity contribution in [2.45, 2.75) is 6.42 Å². The van der Waals surface area contributed by atoms with Gasteiger partial charge in [0.25, 0.3) is 0 Å². The molecule has 2 aromatic carbocycles. The fraction of sp³-hybridized carbons (Fsp3) is 0.235. The van der Waals surface area contributed by atoms with Crippen molar-refractivity contribution in [2.75, 3.05) is 21.3 Å². The number of ketones is 1. The second kappa shape index (κ2) is 6.79. The van der Waals surface area contributed by atoms with Crippen molar-refractivity contribution in [3.63, 3.8) is 0 Å². The summed E-state index contributed by atoms with van der Waals surface area (Å²) in [5.74, 6) is 1.88. The minimum absolute atomic E-state index is 0.0169. The van der Waals surface area contributed by atoms with Gasteiger partial charge in [0, 0.05) is 23.6 Å². The molecule has 4 heteroatoms. The van der Waals surface area contributed by atoms with Crippen LogP contribution in [0.2, 0.25) is 0 Å². The van der Waals surface area contributed by atoms with E-state index in [0.29, 0.717) is 22.8 Å². The van der Waals surface area contributed by atoms with Crippen LogP contribution in [0, 0.1) is 0 Å². The van der Waals surface area contributed by atoms with Gasteiger partial charge >= 0.3 is 0 Å². The van der Waals surface area contributed by atoms with Crippen LogP contribution in [-0.4, -0.2) is 27.1 Å². The number of carbonyl (C=O) groups excluding carboxylic acids is 1. The van der Waals surface area contributed by atoms with Crippen LogP contribution < -0.4 is 14.2 Å². The summed E-state index contributed by atoms with van der Waals surface area (Å²) in [7, 11) is 4.71. The fourth-order valence-corrected chi connectivity index (χ4v) is 2.09. The highest BCUT2D eigenvalue weighted by molar-refractivity contribution is 5.98. The fourth-order valence-electron chi connectivity index (χ4n) is 2.09. The zero-order valence-corrected chi connectivity index (χ0v) is 12.4. The summed E-state index contributed by atoms with van der Waals surface area (Å²) in [5.41, 5.74) is 1.41. The summed E-state index contributed by atoms with van der Waals surface area (Å²) in [5, 5.41) is 0. The molecular weight excluding hydrogens is 268 g/mol. The molecule has 4 nitrogen and oxygen atoms in total. The first-order valence-corrected chi connectivity index (χ1v) is 6.56. The van der Waals surface area contributed by atoms with Gasteiger partial charge in [0.1, 0.15) is 17.2 Å². The Bertz CT molecular complexity index is 612. The van der Waals surface area contributed by atoms with Gasteiger partial charge in [0.2, 0.25) is 0 Å². The van der Waals surface area contributed by atoms with Crippen molar-refractivity contribution in [3.8, 4) is 17.2 Å². The second-order valence-corrected chi connectivity index (χ2v) is 4.51. The Morgan fingerprint density at radius 2 is 1.52 bits per heavy atom. The normalized spacial score (nSPS) is 10.0. The van der Waals surface area contributed by atoms with Gasteiger partial charge in [-0.05, 0) is 18.2 Å². The summed E-state index contributed by atoms with van der Waals surface area (Å²) < 4.78 is 15.6. The standard InChI is InChI=1S/C17H18O4/c1-19-14-8-13(9-15(11-14)20-2)16(18)10-12-6-4-5-7-17(12)21-3/h4-9,11H,10H2,1-3H3. The third kappa shape index (κ3) is 3.54. The van der Waals surface area contributed by atoms with Crippen molar-refractivity contribution < 1.29 is 19.0 Å². The lowest BCUT2D eigenvalue weighted by atomic mass is 10.0. The van der Waals surface area contributed by atoms with E-state index in [1.54, 1.807) is 39.5 Å². The highest BCUT2D eigenvalue weighted by atomic mass is 16.5. The van der Waals surface area contributed by atoms with Gasteiger partial charge in [-0.1, -0.05) is 18.2 Å². The van der Waals surface area contributed by atoms with Gasteiger partial charge in [-0.15, -0.1) is 0 Å². The minimum atomic E-state index is -0.0169. The van der Waals surface area contributed by atoms with Crippen LogP contribution in [0.3, 0.4) is 0 Å². The molecule has 0 amide bonds. The number of carbonyl (C=O) groups is 1. The Morgan fingerprint density at radius 1 is 0.905 bits per heavy atom. The number of hydrogen-bond donors (Lipinski definition) is 0. The van der Waals surface area contributed by atoms with Crippen molar-refractivity contribution in [1.29, 1.82) is 0 Å². The second-order valence-electron chi connectivity index (χ2n) is 4.51. The Labute approximate surface area is 124 Å². The Morgan fingerprint density at radius 3 is 2.10 bits per heavy atom. The van der Waals surface area contributed by atoms with E-state index in [1.165, 1.54) is 0 Å². The Kier molecular flexibility index (Phi) is 4.82. The third-order valence-electron chi connectivity index (χ3n) is 3.22. The average Bonchev–Trinajstić information content (AvgIpc) is 2.54. The summed E-state index contributed by atoms with van der Waals surface area (Å²) in [6.07, 6.45) is 0.264. The SMILES string of the molecule is COc1cc(OC)cc(C(=O)Cc2ccccc2OC)c1. The molecule has 0 unspecified atom stereocenters. The summed E-state index contributed by atoms with van der Waals surface area (Å²) in [6.45, 7) is 0. The molecule has 0 spiro atoms. The number of benzene rings is 2. The summed E-state index contributed by atoms with van der Waals surface area (Å²) >= 11 is 0. The molecule has 0 radical (unpaired) electrons. The summed E-state index contributed by atoms with van der Waals surface area (Å²) in [4.78, 5) is 12.5. The lowest BCUT2D eigenvalue weighted by Crippen LogP contribution is -2.05. The van der Waals surface area contributed by atoms with Crippen molar-refractivity contribution in [3.05, 3.63) is 53.6 Å². The number of hydrogen-bond acceptors (Lipinski definition) is 4. The van der Waals surface area contributed by atoms with E-state index in [-0.39, 0.29) is 12.2 Å². The largest absolute Gasteiger partial charge is 0.497 e. The molecule has 2 rings (SSSR count). The topological polar surface area (TPSA) is 44.8 Å². The first kappa shape index (κ1) is 14.9. The van der Waals surface area contributed by atoms with Crippen LogP contribution in [0.25, 0.3) is 0 Å². The molecule has 0 saturated heterocycles. The lowest BCUT2D eigenvalue weighted by Gasteiger charge is -2.10. The molecule has 0 aliphatic carbocycles.